The Kier molecular flexibility index (Phi) is 5.17. The lowest BCUT2D eigenvalue weighted by molar-refractivity contribution is 0.747. The lowest BCUT2D eigenvalue weighted by Crippen LogP contribution is -2.30. The maximum absolute atomic E-state index is 11.9. The van der Waals surface area contributed by atoms with Gasteiger partial charge in [-0.05, 0) is 36.8 Å². The van der Waals surface area contributed by atoms with E-state index in [2.05, 4.69) is 10.1 Å². The standard InChI is InChI=1S/C17H11Cl4N3O2/c1-17(21,9-2-4-10(18)5-3-9)15-12(19)6-11(7-13(15)20)24-16(26)23-14(25)8-22-24/h2-8H,1H3,(H,23,25,26). The molecule has 0 aliphatic rings. The molecule has 1 unspecified atom stereocenters. The number of nitrogens with one attached hydrogen (secondary N) is 1. The molecule has 3 aromatic rings. The summed E-state index contributed by atoms with van der Waals surface area (Å²) in [4.78, 5) is 24.2. The molecule has 1 heterocycles. The fraction of sp³-hybridized carbons (Fsp3) is 0.118. The molecule has 134 valence electrons. The third-order valence-corrected chi connectivity index (χ3v) is 5.10. The van der Waals surface area contributed by atoms with E-state index in [4.69, 9.17) is 46.4 Å². The second-order valence-electron chi connectivity index (χ2n) is 5.65. The molecular weight excluding hydrogens is 420 g/mol. The van der Waals surface area contributed by atoms with Gasteiger partial charge < -0.3 is 0 Å². The van der Waals surface area contributed by atoms with Crippen LogP contribution in [0.25, 0.3) is 5.69 Å². The van der Waals surface area contributed by atoms with Gasteiger partial charge in [-0.2, -0.15) is 9.78 Å². The minimum Gasteiger partial charge on any atom is -0.271 e. The molecule has 0 saturated heterocycles. The number of hydrogen-bond donors (Lipinski definition) is 1. The Bertz CT molecular complexity index is 1070. The van der Waals surface area contributed by atoms with Crippen molar-refractivity contribution in [3.8, 4) is 5.69 Å². The summed E-state index contributed by atoms with van der Waals surface area (Å²) in [6, 6.07) is 10.0. The van der Waals surface area contributed by atoms with E-state index in [1.54, 1.807) is 31.2 Å². The van der Waals surface area contributed by atoms with Crippen LogP contribution in [0.3, 0.4) is 0 Å². The third kappa shape index (κ3) is 3.53. The summed E-state index contributed by atoms with van der Waals surface area (Å²) in [7, 11) is 0. The highest BCUT2D eigenvalue weighted by molar-refractivity contribution is 6.39. The minimum absolute atomic E-state index is 0.250. The Morgan fingerprint density at radius 3 is 2.15 bits per heavy atom. The minimum atomic E-state index is -1.03. The van der Waals surface area contributed by atoms with Crippen LogP contribution in [0.5, 0.6) is 0 Å². The van der Waals surface area contributed by atoms with Gasteiger partial charge in [-0.15, -0.1) is 11.6 Å². The second kappa shape index (κ2) is 7.08. The molecule has 3 rings (SSSR count). The molecule has 0 radical (unpaired) electrons. The zero-order valence-electron chi connectivity index (χ0n) is 13.3. The number of aromatic nitrogens is 3. The summed E-state index contributed by atoms with van der Waals surface area (Å²) in [6.45, 7) is 1.76. The molecule has 2 aromatic carbocycles. The summed E-state index contributed by atoms with van der Waals surface area (Å²) in [5.41, 5.74) is 0.221. The fourth-order valence-electron chi connectivity index (χ4n) is 2.57. The van der Waals surface area contributed by atoms with Gasteiger partial charge in [0.2, 0.25) is 0 Å². The van der Waals surface area contributed by atoms with Gasteiger partial charge in [0.1, 0.15) is 6.20 Å². The van der Waals surface area contributed by atoms with E-state index < -0.39 is 16.1 Å². The maximum atomic E-state index is 11.9. The summed E-state index contributed by atoms with van der Waals surface area (Å²) in [5, 5.41) is 4.87. The number of alkyl halides is 1. The molecular formula is C17H11Cl4N3O2. The zero-order chi connectivity index (χ0) is 19.1. The van der Waals surface area contributed by atoms with Crippen LogP contribution in [0.1, 0.15) is 18.1 Å². The van der Waals surface area contributed by atoms with Crippen LogP contribution in [-0.2, 0) is 4.87 Å². The third-order valence-electron chi connectivity index (χ3n) is 3.84. The average molecular weight is 431 g/mol. The molecule has 1 aromatic heterocycles. The first-order valence-corrected chi connectivity index (χ1v) is 8.85. The van der Waals surface area contributed by atoms with Crippen LogP contribution in [0.15, 0.2) is 52.2 Å². The molecule has 0 spiro atoms. The average Bonchev–Trinajstić information content (AvgIpc) is 2.54. The molecule has 1 atom stereocenters. The van der Waals surface area contributed by atoms with Gasteiger partial charge in [0.25, 0.3) is 5.56 Å². The van der Waals surface area contributed by atoms with Crippen LogP contribution < -0.4 is 11.2 Å². The highest BCUT2D eigenvalue weighted by Crippen LogP contribution is 2.44. The van der Waals surface area contributed by atoms with Crippen LogP contribution in [-0.4, -0.2) is 14.8 Å². The van der Waals surface area contributed by atoms with E-state index in [1.807, 2.05) is 0 Å². The van der Waals surface area contributed by atoms with Gasteiger partial charge in [-0.25, -0.2) is 4.79 Å². The van der Waals surface area contributed by atoms with E-state index >= 15 is 0 Å². The molecule has 0 aliphatic heterocycles. The van der Waals surface area contributed by atoms with Crippen LogP contribution in [0.4, 0.5) is 0 Å². The molecule has 0 saturated carbocycles. The van der Waals surface area contributed by atoms with Crippen molar-refractivity contribution < 1.29 is 0 Å². The van der Waals surface area contributed by atoms with Gasteiger partial charge in [0.15, 0.2) is 0 Å². The predicted molar refractivity (Wildman–Crippen MR) is 104 cm³/mol. The van der Waals surface area contributed by atoms with Crippen LogP contribution >= 0.6 is 46.4 Å². The SMILES string of the molecule is CC(Cl)(c1ccc(Cl)cc1)c1c(Cl)cc(-n2ncc(=O)[nH]c2=O)cc1Cl. The molecule has 0 fully saturated rings. The molecule has 0 bridgehead atoms. The van der Waals surface area contributed by atoms with E-state index in [9.17, 15) is 9.59 Å². The Balaban J connectivity index is 2.14. The summed E-state index contributed by atoms with van der Waals surface area (Å²) in [6.07, 6.45) is 0.983. The normalized spacial score (nSPS) is 13.4. The summed E-state index contributed by atoms with van der Waals surface area (Å²) >= 11 is 25.5. The Labute approximate surface area is 168 Å². The first kappa shape index (κ1) is 19.0. The molecule has 5 nitrogen and oxygen atoms in total. The van der Waals surface area contributed by atoms with E-state index in [-0.39, 0.29) is 10.0 Å². The Morgan fingerprint density at radius 2 is 1.62 bits per heavy atom. The van der Waals surface area contributed by atoms with Crippen molar-refractivity contribution in [1.29, 1.82) is 0 Å². The first-order chi connectivity index (χ1) is 12.2. The molecule has 0 amide bonds. The van der Waals surface area contributed by atoms with Crippen molar-refractivity contribution in [3.05, 3.63) is 89.6 Å². The monoisotopic (exact) mass is 429 g/mol. The van der Waals surface area contributed by atoms with Crippen molar-refractivity contribution in [1.82, 2.24) is 14.8 Å². The smallest absolute Gasteiger partial charge is 0.271 e. The lowest BCUT2D eigenvalue weighted by atomic mass is 9.92. The number of hydrogen-bond acceptors (Lipinski definition) is 3. The second-order valence-corrected chi connectivity index (χ2v) is 7.65. The summed E-state index contributed by atoms with van der Waals surface area (Å²) < 4.78 is 0.983. The Morgan fingerprint density at radius 1 is 1.04 bits per heavy atom. The number of aromatic amines is 1. The molecule has 9 heteroatoms. The molecule has 26 heavy (non-hydrogen) atoms. The highest BCUT2D eigenvalue weighted by Gasteiger charge is 2.31. The Hall–Kier alpha value is -1.79. The number of benzene rings is 2. The first-order valence-electron chi connectivity index (χ1n) is 7.33. The van der Waals surface area contributed by atoms with Gasteiger partial charge in [-0.1, -0.05) is 46.9 Å². The highest BCUT2D eigenvalue weighted by atomic mass is 35.5. The summed E-state index contributed by atoms with van der Waals surface area (Å²) in [5.74, 6) is 0. The number of rotatable bonds is 3. The molecule has 0 aliphatic carbocycles. The van der Waals surface area contributed by atoms with Gasteiger partial charge in [0.05, 0.1) is 10.6 Å². The van der Waals surface area contributed by atoms with Crippen molar-refractivity contribution >= 4 is 46.4 Å². The van der Waals surface area contributed by atoms with Crippen molar-refractivity contribution in [2.24, 2.45) is 0 Å². The lowest BCUT2D eigenvalue weighted by Gasteiger charge is -2.26. The zero-order valence-corrected chi connectivity index (χ0v) is 16.3. The van der Waals surface area contributed by atoms with Crippen molar-refractivity contribution in [3.63, 3.8) is 0 Å². The van der Waals surface area contributed by atoms with Gasteiger partial charge >= 0.3 is 5.69 Å². The van der Waals surface area contributed by atoms with E-state index in [0.29, 0.717) is 16.3 Å². The topological polar surface area (TPSA) is 67.8 Å². The maximum Gasteiger partial charge on any atom is 0.349 e. The quantitative estimate of drug-likeness (QED) is 0.626. The van der Waals surface area contributed by atoms with Crippen molar-refractivity contribution in [2.75, 3.05) is 0 Å². The van der Waals surface area contributed by atoms with Crippen molar-refractivity contribution in [2.45, 2.75) is 11.8 Å². The predicted octanol–water partition coefficient (Wildman–Crippen LogP) is 4.38. The largest absolute Gasteiger partial charge is 0.349 e. The van der Waals surface area contributed by atoms with Gasteiger partial charge in [0, 0.05) is 20.6 Å². The fourth-order valence-corrected chi connectivity index (χ4v) is 3.98. The number of nitrogens with zero attached hydrogens (tertiary/aromatic N) is 2. The van der Waals surface area contributed by atoms with E-state index in [0.717, 1.165) is 16.4 Å². The molecule has 1 N–H and O–H groups in total. The van der Waals surface area contributed by atoms with Crippen LogP contribution in [0.2, 0.25) is 15.1 Å². The number of halogens is 4. The van der Waals surface area contributed by atoms with Gasteiger partial charge in [-0.3, -0.25) is 9.78 Å². The number of H-pyrrole nitrogens is 1. The van der Waals surface area contributed by atoms with E-state index in [1.165, 1.54) is 12.1 Å². The van der Waals surface area contributed by atoms with Crippen LogP contribution in [0, 0.1) is 0 Å².